The molecule has 0 aliphatic heterocycles. The fourth-order valence-electron chi connectivity index (χ4n) is 5.00. The number of nitrogens with two attached hydrogens (primary N) is 2. The van der Waals surface area contributed by atoms with E-state index >= 15 is 0 Å². The number of carboxylic acid groups (broad SMARTS) is 3. The van der Waals surface area contributed by atoms with Crippen LogP contribution in [0.2, 0.25) is 0 Å². The number of thioether (sulfide) groups is 2. The summed E-state index contributed by atoms with van der Waals surface area (Å²) < 4.78 is 5.77. The van der Waals surface area contributed by atoms with Crippen LogP contribution in [0.15, 0.2) is 11.8 Å². The van der Waals surface area contributed by atoms with Crippen LogP contribution < -0.4 is 22.1 Å². The van der Waals surface area contributed by atoms with E-state index in [4.69, 9.17) is 26.4 Å². The molecule has 0 heterocycles. The van der Waals surface area contributed by atoms with Crippen LogP contribution in [0.3, 0.4) is 0 Å². The summed E-state index contributed by atoms with van der Waals surface area (Å²) in [6.45, 7) is 7.70. The largest absolute Gasteiger partial charge is 0.480 e. The van der Waals surface area contributed by atoms with Gasteiger partial charge in [0.15, 0.2) is 6.04 Å². The molecule has 2 rings (SSSR count). The molecule has 2 aliphatic rings. The molecule has 0 aromatic carbocycles. The highest BCUT2D eigenvalue weighted by Crippen LogP contribution is 2.52. The maximum atomic E-state index is 13.6. The van der Waals surface area contributed by atoms with Crippen LogP contribution in [0.5, 0.6) is 0 Å². The van der Waals surface area contributed by atoms with Gasteiger partial charge in [-0.05, 0) is 73.7 Å². The molecule has 6 atom stereocenters. The van der Waals surface area contributed by atoms with Crippen LogP contribution in [-0.4, -0.2) is 98.3 Å². The number of unbranched alkanes of at least 4 members (excludes halogenated alkanes) is 3. The lowest BCUT2D eigenvalue weighted by molar-refractivity contribution is -0.156. The quantitative estimate of drug-likeness (QED) is 0.0430. The van der Waals surface area contributed by atoms with E-state index in [2.05, 4.69) is 10.6 Å². The van der Waals surface area contributed by atoms with Crippen molar-refractivity contribution in [3.8, 4) is 0 Å². The molecular weight excluding hydrogens is 665 g/mol. The molecule has 9 N–H and O–H groups in total. The summed E-state index contributed by atoms with van der Waals surface area (Å²) >= 11 is 2.75. The monoisotopic (exact) mass is 716 g/mol. The van der Waals surface area contributed by atoms with E-state index in [1.165, 1.54) is 23.5 Å². The molecule has 2 amide bonds. The van der Waals surface area contributed by atoms with E-state index in [0.29, 0.717) is 56.5 Å². The van der Waals surface area contributed by atoms with Gasteiger partial charge in [0, 0.05) is 23.3 Å². The van der Waals surface area contributed by atoms with Crippen LogP contribution in [-0.2, 0) is 33.5 Å². The Kier molecular flexibility index (Phi) is 16.2. The number of nitrogens with one attached hydrogen (secondary N) is 2. The maximum absolute atomic E-state index is 13.6. The lowest BCUT2D eigenvalue weighted by atomic mass is 10.0. The van der Waals surface area contributed by atoms with Crippen molar-refractivity contribution in [1.29, 1.82) is 0 Å². The molecule has 0 radical (unpaired) electrons. The molecule has 1 unspecified atom stereocenters. The Morgan fingerprint density at radius 2 is 1.27 bits per heavy atom. The summed E-state index contributed by atoms with van der Waals surface area (Å²) in [7, 11) is 0. The highest BCUT2D eigenvalue weighted by atomic mass is 32.2. The molecule has 0 spiro atoms. The number of esters is 1. The van der Waals surface area contributed by atoms with Gasteiger partial charge < -0.3 is 42.2 Å². The van der Waals surface area contributed by atoms with Crippen molar-refractivity contribution >= 4 is 59.2 Å². The zero-order valence-electron chi connectivity index (χ0n) is 28.2. The predicted octanol–water partition coefficient (Wildman–Crippen LogP) is 2.19. The van der Waals surface area contributed by atoms with Crippen molar-refractivity contribution in [1.82, 2.24) is 10.6 Å². The van der Waals surface area contributed by atoms with Crippen molar-refractivity contribution in [3.05, 3.63) is 11.8 Å². The second kappa shape index (κ2) is 18.8. The Labute approximate surface area is 290 Å². The standard InChI is InChI=1S/C32H52N4O10S2/c1-31(2)14-18(31)25(37)35-22(10-6-5-8-12-47-16-20(33)27(39)40)30(45)46-23(11-7-9-13-48-17-21(34)28(41)42)24(29(43)44)36-26(38)19-15-32(19,3)4/h10,18-21,23-24H,5-9,11-17,33-34H2,1-4H3,(H,35,37)(H,36,38)(H,39,40)(H,41,42)(H,43,44)/b22-10-/t18-,19-,20+,21+,23+,24?/m1/s1. The summed E-state index contributed by atoms with van der Waals surface area (Å²) in [6, 6.07) is -3.48. The molecule has 48 heavy (non-hydrogen) atoms. The Morgan fingerprint density at radius 1 is 0.792 bits per heavy atom. The molecule has 0 aromatic rings. The van der Waals surface area contributed by atoms with E-state index in [1.807, 2.05) is 27.7 Å². The first-order valence-corrected chi connectivity index (χ1v) is 18.6. The molecule has 2 saturated carbocycles. The van der Waals surface area contributed by atoms with Crippen LogP contribution in [0.25, 0.3) is 0 Å². The lowest BCUT2D eigenvalue weighted by Gasteiger charge is -2.26. The average molecular weight is 717 g/mol. The van der Waals surface area contributed by atoms with E-state index in [-0.39, 0.29) is 52.2 Å². The molecule has 2 fully saturated rings. The first-order valence-electron chi connectivity index (χ1n) is 16.2. The highest BCUT2D eigenvalue weighted by molar-refractivity contribution is 7.99. The number of aliphatic carboxylic acids is 3. The Morgan fingerprint density at radius 3 is 1.73 bits per heavy atom. The number of rotatable bonds is 24. The van der Waals surface area contributed by atoms with Crippen molar-refractivity contribution in [2.45, 2.75) is 103 Å². The topological polar surface area (TPSA) is 248 Å². The fourth-order valence-corrected chi connectivity index (χ4v) is 6.95. The van der Waals surface area contributed by atoms with Gasteiger partial charge in [-0.2, -0.15) is 23.5 Å². The minimum Gasteiger partial charge on any atom is -0.480 e. The number of amides is 2. The van der Waals surface area contributed by atoms with E-state index in [1.54, 1.807) is 6.08 Å². The second-order valence-electron chi connectivity index (χ2n) is 13.9. The summed E-state index contributed by atoms with van der Waals surface area (Å²) in [4.78, 5) is 73.8. The highest BCUT2D eigenvalue weighted by Gasteiger charge is 2.52. The minimum absolute atomic E-state index is 0.0924. The number of ether oxygens (including phenoxy) is 1. The number of hydrogen-bond donors (Lipinski definition) is 7. The molecule has 0 aromatic heterocycles. The first-order chi connectivity index (χ1) is 22.4. The van der Waals surface area contributed by atoms with Crippen LogP contribution in [0.4, 0.5) is 0 Å². The molecule has 2 aliphatic carbocycles. The molecule has 0 saturated heterocycles. The Bertz CT molecular complexity index is 1210. The molecular formula is C32H52N4O10S2. The van der Waals surface area contributed by atoms with Gasteiger partial charge in [0.25, 0.3) is 0 Å². The number of carbonyl (C=O) groups is 6. The maximum Gasteiger partial charge on any atom is 0.354 e. The molecule has 0 bridgehead atoms. The average Bonchev–Trinajstić information content (AvgIpc) is 3.86. The van der Waals surface area contributed by atoms with Gasteiger partial charge in [-0.25, -0.2) is 9.59 Å². The SMILES string of the molecule is CC1(C)C[C@@H]1C(=O)N/C(=C\CCCCSC[C@H](N)C(=O)O)C(=O)O[C@@H](CCCCSC[C@H](N)C(=O)O)C(NC(=O)[C@H]1CC1(C)C)C(=O)O. The fraction of sp³-hybridized carbons (Fsp3) is 0.750. The predicted molar refractivity (Wildman–Crippen MR) is 183 cm³/mol. The Balaban J connectivity index is 2.13. The van der Waals surface area contributed by atoms with Gasteiger partial charge in [0.05, 0.1) is 0 Å². The molecule has 14 nitrogen and oxygen atoms in total. The van der Waals surface area contributed by atoms with Gasteiger partial charge >= 0.3 is 23.9 Å². The van der Waals surface area contributed by atoms with Crippen molar-refractivity contribution in [3.63, 3.8) is 0 Å². The van der Waals surface area contributed by atoms with Gasteiger partial charge in [-0.1, -0.05) is 33.8 Å². The first kappa shape index (κ1) is 41.4. The lowest BCUT2D eigenvalue weighted by Crippen LogP contribution is -2.51. The van der Waals surface area contributed by atoms with Crippen molar-refractivity contribution in [2.75, 3.05) is 23.0 Å². The third-order valence-electron chi connectivity index (χ3n) is 8.68. The molecule has 272 valence electrons. The number of hydrogen-bond acceptors (Lipinski definition) is 11. The summed E-state index contributed by atoms with van der Waals surface area (Å²) in [5, 5.41) is 33.3. The number of allylic oxidation sites excluding steroid dienone is 1. The van der Waals surface area contributed by atoms with Gasteiger partial charge in [-0.3, -0.25) is 19.2 Å². The summed E-state index contributed by atoms with van der Waals surface area (Å²) in [5.41, 5.74) is 10.5. The third-order valence-corrected chi connectivity index (χ3v) is 11.0. The third kappa shape index (κ3) is 14.0. The van der Waals surface area contributed by atoms with Gasteiger partial charge in [-0.15, -0.1) is 0 Å². The van der Waals surface area contributed by atoms with Crippen LogP contribution in [0.1, 0.15) is 79.1 Å². The smallest absolute Gasteiger partial charge is 0.354 e. The van der Waals surface area contributed by atoms with Crippen molar-refractivity contribution in [2.24, 2.45) is 34.1 Å². The minimum atomic E-state index is -1.53. The van der Waals surface area contributed by atoms with Crippen LogP contribution >= 0.6 is 23.5 Å². The van der Waals surface area contributed by atoms with Crippen molar-refractivity contribution < 1.29 is 48.8 Å². The van der Waals surface area contributed by atoms with E-state index in [0.717, 1.165) is 0 Å². The normalized spacial score (nSPS) is 21.6. The van der Waals surface area contributed by atoms with Gasteiger partial charge in [0.2, 0.25) is 11.8 Å². The number of carbonyl (C=O) groups excluding carboxylic acids is 3. The van der Waals surface area contributed by atoms with E-state index < -0.39 is 54.0 Å². The second-order valence-corrected chi connectivity index (χ2v) is 16.2. The Hall–Kier alpha value is -2.82. The zero-order chi connectivity index (χ0) is 36.2. The van der Waals surface area contributed by atoms with Crippen LogP contribution in [0, 0.1) is 22.7 Å². The van der Waals surface area contributed by atoms with E-state index in [9.17, 15) is 33.9 Å². The summed E-state index contributed by atoms with van der Waals surface area (Å²) in [6.07, 6.45) is 4.31. The zero-order valence-corrected chi connectivity index (χ0v) is 29.8. The number of carboxylic acids is 3. The molecule has 16 heteroatoms. The summed E-state index contributed by atoms with van der Waals surface area (Å²) in [5.74, 6) is -4.21. The van der Waals surface area contributed by atoms with Gasteiger partial charge in [0.1, 0.15) is 23.9 Å².